The molecular weight excluding hydrogens is 564 g/mol. The molecule has 0 aromatic carbocycles. The van der Waals surface area contributed by atoms with Gasteiger partial charge in [0.15, 0.2) is 12.6 Å². The highest BCUT2D eigenvalue weighted by molar-refractivity contribution is 5.69. The molecule has 0 amide bonds. The van der Waals surface area contributed by atoms with E-state index in [0.717, 1.165) is 89.9 Å². The molecule has 0 spiro atoms. The zero-order chi connectivity index (χ0) is 31.8. The first-order chi connectivity index (χ1) is 21.3. The van der Waals surface area contributed by atoms with Crippen LogP contribution >= 0.6 is 0 Å². The van der Waals surface area contributed by atoms with Gasteiger partial charge in [-0.2, -0.15) is 0 Å². The highest BCUT2D eigenvalue weighted by Crippen LogP contribution is 2.42. The Morgan fingerprint density at radius 2 is 1.64 bits per heavy atom. The van der Waals surface area contributed by atoms with Crippen LogP contribution in [0, 0.1) is 11.8 Å². The zero-order valence-electron chi connectivity index (χ0n) is 28.1. The Kier molecular flexibility index (Phi) is 16.7. The molecule has 1 aliphatic carbocycles. The van der Waals surface area contributed by atoms with Crippen molar-refractivity contribution >= 4 is 11.9 Å². The van der Waals surface area contributed by atoms with E-state index in [4.69, 9.17) is 33.2 Å². The second-order valence-corrected chi connectivity index (χ2v) is 13.0. The van der Waals surface area contributed by atoms with Gasteiger partial charge in [-0.3, -0.25) is 9.59 Å². The molecule has 2 heterocycles. The van der Waals surface area contributed by atoms with Gasteiger partial charge in [0.1, 0.15) is 12.2 Å². The summed E-state index contributed by atoms with van der Waals surface area (Å²) in [5.74, 6) is -0.313. The molecule has 1 saturated carbocycles. The Morgan fingerprint density at radius 1 is 0.932 bits per heavy atom. The van der Waals surface area contributed by atoms with Crippen molar-refractivity contribution in [2.45, 2.75) is 160 Å². The molecule has 3 fully saturated rings. The van der Waals surface area contributed by atoms with E-state index in [-0.39, 0.29) is 54.7 Å². The maximum atomic E-state index is 12.2. The normalized spacial score (nSPS) is 29.8. The summed E-state index contributed by atoms with van der Waals surface area (Å²) in [5.41, 5.74) is -0.515. The Labute approximate surface area is 266 Å². The number of ether oxygens (including phenoxy) is 7. The Morgan fingerprint density at radius 3 is 2.25 bits per heavy atom. The minimum absolute atomic E-state index is 0.0191. The minimum atomic E-state index is -0.515. The van der Waals surface area contributed by atoms with Crippen LogP contribution < -0.4 is 0 Å². The van der Waals surface area contributed by atoms with Crippen LogP contribution in [0.1, 0.15) is 124 Å². The summed E-state index contributed by atoms with van der Waals surface area (Å²) in [6.07, 6.45) is 18.0. The number of esters is 2. The Balaban J connectivity index is 1.83. The lowest BCUT2D eigenvalue weighted by Gasteiger charge is -2.38. The summed E-state index contributed by atoms with van der Waals surface area (Å²) >= 11 is 0. The van der Waals surface area contributed by atoms with Gasteiger partial charge in [-0.15, -0.1) is 0 Å². The van der Waals surface area contributed by atoms with Crippen LogP contribution in [0.15, 0.2) is 12.2 Å². The zero-order valence-corrected chi connectivity index (χ0v) is 28.1. The largest absolute Gasteiger partial charge is 0.469 e. The van der Waals surface area contributed by atoms with E-state index in [9.17, 15) is 9.59 Å². The maximum Gasteiger partial charge on any atom is 0.305 e. The predicted molar refractivity (Wildman–Crippen MR) is 168 cm³/mol. The number of unbranched alkanes of at least 4 members (excludes halogenated alkanes) is 4. The number of rotatable bonds is 19. The van der Waals surface area contributed by atoms with Crippen molar-refractivity contribution in [3.8, 4) is 0 Å². The summed E-state index contributed by atoms with van der Waals surface area (Å²) in [6, 6.07) is 0. The van der Waals surface area contributed by atoms with E-state index in [0.29, 0.717) is 26.1 Å². The molecule has 254 valence electrons. The first kappa shape index (κ1) is 36.9. The first-order valence-corrected chi connectivity index (χ1v) is 17.3. The van der Waals surface area contributed by atoms with Gasteiger partial charge in [-0.25, -0.2) is 0 Å². The average Bonchev–Trinajstić information content (AvgIpc) is 3.34. The fraction of sp³-hybridized carbons (Fsp3) is 0.886. The number of hydrogen-bond donors (Lipinski definition) is 0. The van der Waals surface area contributed by atoms with E-state index >= 15 is 0 Å². The predicted octanol–water partition coefficient (Wildman–Crippen LogP) is 7.04. The highest BCUT2D eigenvalue weighted by Gasteiger charge is 2.46. The monoisotopic (exact) mass is 624 g/mol. The molecule has 0 aromatic rings. The topological polar surface area (TPSA) is 98.8 Å². The van der Waals surface area contributed by atoms with Crippen molar-refractivity contribution in [2.24, 2.45) is 11.8 Å². The number of carbonyl (C=O) groups excluding carboxylic acids is 2. The van der Waals surface area contributed by atoms with Crippen molar-refractivity contribution in [1.29, 1.82) is 0 Å². The summed E-state index contributed by atoms with van der Waals surface area (Å²) in [7, 11) is 3.20. The van der Waals surface area contributed by atoms with Crippen LogP contribution in [-0.2, 0) is 42.7 Å². The van der Waals surface area contributed by atoms with Crippen LogP contribution in [-0.4, -0.2) is 75.9 Å². The minimum Gasteiger partial charge on any atom is -0.469 e. The van der Waals surface area contributed by atoms with Crippen LogP contribution in [0.2, 0.25) is 0 Å². The molecule has 9 heteroatoms. The lowest BCUT2D eigenvalue weighted by molar-refractivity contribution is -0.218. The standard InChI is InChI=1S/C35H60O9/c1-6-7-22-35(3,39-5)31(44-34-19-13-15-24-41-34)21-20-28-27(16-10-8-9-11-17-32(37)38-4)29(42-26(2)36)25-30(28)43-33-18-12-14-23-40-33/h20-21,27-31,33-34H,6-19,22-25H2,1-5H3/b21-20+/t27-,28-,29+,30-,31?,33?,34?,35?/m1/s1. The van der Waals surface area contributed by atoms with E-state index in [2.05, 4.69) is 26.0 Å². The molecule has 0 bridgehead atoms. The maximum absolute atomic E-state index is 12.2. The third-order valence-corrected chi connectivity index (χ3v) is 9.58. The van der Waals surface area contributed by atoms with Crippen LogP contribution in [0.4, 0.5) is 0 Å². The third-order valence-electron chi connectivity index (χ3n) is 9.58. The van der Waals surface area contributed by atoms with Crippen LogP contribution in [0.5, 0.6) is 0 Å². The average molecular weight is 625 g/mol. The first-order valence-electron chi connectivity index (χ1n) is 17.3. The van der Waals surface area contributed by atoms with Gasteiger partial charge in [0.05, 0.1) is 18.8 Å². The van der Waals surface area contributed by atoms with Crippen molar-refractivity contribution in [3.63, 3.8) is 0 Å². The van der Waals surface area contributed by atoms with Crippen LogP contribution in [0.3, 0.4) is 0 Å². The van der Waals surface area contributed by atoms with Gasteiger partial charge in [0, 0.05) is 51.9 Å². The molecule has 8 atom stereocenters. The quantitative estimate of drug-likeness (QED) is 0.0851. The molecule has 3 rings (SSSR count). The number of methoxy groups -OCH3 is 2. The van der Waals surface area contributed by atoms with E-state index in [1.54, 1.807) is 7.11 Å². The Bertz CT molecular complexity index is 851. The summed E-state index contributed by atoms with van der Waals surface area (Å²) in [5, 5.41) is 0. The van der Waals surface area contributed by atoms with E-state index in [1.165, 1.54) is 14.0 Å². The number of hydrogen-bond acceptors (Lipinski definition) is 9. The smallest absolute Gasteiger partial charge is 0.305 e. The summed E-state index contributed by atoms with van der Waals surface area (Å²) < 4.78 is 42.1. The second-order valence-electron chi connectivity index (χ2n) is 13.0. The lowest BCUT2D eigenvalue weighted by Crippen LogP contribution is -2.45. The number of carbonyl (C=O) groups is 2. The van der Waals surface area contributed by atoms with E-state index in [1.807, 2.05) is 0 Å². The molecule has 2 aliphatic heterocycles. The molecule has 4 unspecified atom stereocenters. The fourth-order valence-electron chi connectivity index (χ4n) is 6.84. The molecule has 9 nitrogen and oxygen atoms in total. The fourth-order valence-corrected chi connectivity index (χ4v) is 6.84. The Hall–Kier alpha value is -1.52. The van der Waals surface area contributed by atoms with Gasteiger partial charge in [-0.1, -0.05) is 51.2 Å². The van der Waals surface area contributed by atoms with Crippen molar-refractivity contribution < 1.29 is 42.7 Å². The third kappa shape index (κ3) is 12.0. The lowest BCUT2D eigenvalue weighted by atomic mass is 9.86. The van der Waals surface area contributed by atoms with Gasteiger partial charge >= 0.3 is 11.9 Å². The second kappa shape index (κ2) is 19.9. The molecule has 2 saturated heterocycles. The van der Waals surface area contributed by atoms with Crippen molar-refractivity contribution in [1.82, 2.24) is 0 Å². The van der Waals surface area contributed by atoms with Gasteiger partial charge in [-0.05, 0) is 64.7 Å². The van der Waals surface area contributed by atoms with Gasteiger partial charge < -0.3 is 33.2 Å². The van der Waals surface area contributed by atoms with Crippen LogP contribution in [0.25, 0.3) is 0 Å². The highest BCUT2D eigenvalue weighted by atomic mass is 16.7. The van der Waals surface area contributed by atoms with Gasteiger partial charge in [0.25, 0.3) is 0 Å². The molecule has 44 heavy (non-hydrogen) atoms. The SMILES string of the molecule is CCCCC(C)(OC)C(/C=C/[C@@H]1[C@@H](CCCCCCC(=O)OC)[C@@H](OC(C)=O)C[C@H]1OC1CCCCO1)OC1CCCCO1. The van der Waals surface area contributed by atoms with E-state index < -0.39 is 5.60 Å². The molecular formula is C35H60O9. The summed E-state index contributed by atoms with van der Waals surface area (Å²) in [6.45, 7) is 7.23. The summed E-state index contributed by atoms with van der Waals surface area (Å²) in [4.78, 5) is 23.7. The van der Waals surface area contributed by atoms with Gasteiger partial charge in [0.2, 0.25) is 0 Å². The molecule has 0 radical (unpaired) electrons. The van der Waals surface area contributed by atoms with Crippen molar-refractivity contribution in [3.05, 3.63) is 12.2 Å². The molecule has 3 aliphatic rings. The molecule has 0 aromatic heterocycles. The van der Waals surface area contributed by atoms with Crippen molar-refractivity contribution in [2.75, 3.05) is 27.4 Å². The molecule has 0 N–H and O–H groups in total.